The monoisotopic (exact) mass is 269 g/mol. The van der Waals surface area contributed by atoms with E-state index in [1.807, 2.05) is 0 Å². The van der Waals surface area contributed by atoms with Gasteiger partial charge >= 0.3 is 5.97 Å². The molecule has 6 heteroatoms. The number of hydrogen-bond donors (Lipinski definition) is 2. The molecular weight excluding hydrogens is 254 g/mol. The first-order valence-corrected chi connectivity index (χ1v) is 6.63. The van der Waals surface area contributed by atoms with E-state index in [1.165, 1.54) is 16.9 Å². The van der Waals surface area contributed by atoms with Gasteiger partial charge in [-0.05, 0) is 30.9 Å². The fraction of sp³-hybridized carbons (Fsp3) is 0.500. The Morgan fingerprint density at radius 2 is 2.22 bits per heavy atom. The highest BCUT2D eigenvalue weighted by Crippen LogP contribution is 2.30. The Morgan fingerprint density at radius 1 is 1.39 bits per heavy atom. The smallest absolute Gasteiger partial charge is 0.329 e. The minimum Gasteiger partial charge on any atom is -0.480 e. The maximum Gasteiger partial charge on any atom is 0.329 e. The Bertz CT molecular complexity index is 433. The lowest BCUT2D eigenvalue weighted by Crippen LogP contribution is -2.27. The minimum absolute atomic E-state index is 0.211. The van der Waals surface area contributed by atoms with Gasteiger partial charge in [0.05, 0.1) is 6.54 Å². The Hall–Kier alpha value is -1.40. The summed E-state index contributed by atoms with van der Waals surface area (Å²) in [5.41, 5.74) is 1.41. The van der Waals surface area contributed by atoms with Crippen LogP contribution in [0.1, 0.15) is 21.7 Å². The van der Waals surface area contributed by atoms with Crippen LogP contribution >= 0.6 is 11.3 Å². The van der Waals surface area contributed by atoms with Gasteiger partial charge < -0.3 is 15.2 Å². The molecule has 1 aromatic rings. The van der Waals surface area contributed by atoms with Crippen molar-refractivity contribution in [3.8, 4) is 0 Å². The highest BCUT2D eigenvalue weighted by atomic mass is 32.1. The van der Waals surface area contributed by atoms with Crippen molar-refractivity contribution in [1.29, 1.82) is 0 Å². The predicted octanol–water partition coefficient (Wildman–Crippen LogP) is 0.954. The average Bonchev–Trinajstić information content (AvgIpc) is 2.85. The van der Waals surface area contributed by atoms with Gasteiger partial charge in [-0.15, -0.1) is 11.3 Å². The lowest BCUT2D eigenvalue weighted by Gasteiger charge is -2.03. The second kappa shape index (κ2) is 5.97. The summed E-state index contributed by atoms with van der Waals surface area (Å²) >= 11 is 1.74. The first-order chi connectivity index (χ1) is 8.65. The number of carbonyl (C=O) groups is 2. The van der Waals surface area contributed by atoms with E-state index >= 15 is 0 Å². The molecule has 0 radical (unpaired) electrons. The van der Waals surface area contributed by atoms with Crippen LogP contribution in [0, 0.1) is 0 Å². The molecule has 1 aromatic heterocycles. The van der Waals surface area contributed by atoms with E-state index in [-0.39, 0.29) is 12.5 Å². The van der Waals surface area contributed by atoms with Crippen molar-refractivity contribution in [1.82, 2.24) is 5.32 Å². The maximum absolute atomic E-state index is 11.3. The number of rotatable bonds is 6. The number of ether oxygens (including phenoxy) is 1. The highest BCUT2D eigenvalue weighted by molar-refractivity contribution is 7.12. The fourth-order valence-corrected chi connectivity index (χ4v) is 3.15. The van der Waals surface area contributed by atoms with Crippen LogP contribution < -0.4 is 5.32 Å². The number of fused-ring (bicyclic) bond motifs is 1. The Kier molecular flexibility index (Phi) is 4.33. The first kappa shape index (κ1) is 13.0. The molecule has 18 heavy (non-hydrogen) atoms. The van der Waals surface area contributed by atoms with Gasteiger partial charge in [0.25, 0.3) is 0 Å². The van der Waals surface area contributed by atoms with Gasteiger partial charge in [0.1, 0.15) is 13.2 Å². The van der Waals surface area contributed by atoms with E-state index in [9.17, 15) is 9.59 Å². The second-order valence-corrected chi connectivity index (χ2v) is 5.40. The average molecular weight is 269 g/mol. The van der Waals surface area contributed by atoms with E-state index in [0.29, 0.717) is 6.54 Å². The number of carboxylic acids is 1. The summed E-state index contributed by atoms with van der Waals surface area (Å²) in [5.74, 6) is -1.36. The van der Waals surface area contributed by atoms with Crippen LogP contribution in [0.15, 0.2) is 6.07 Å². The standard InChI is InChI=1S/C12H15NO4S/c14-11(6-17-7-12(15)16)13-5-9-4-8-2-1-3-10(8)18-9/h4H,1-3,5-7H2,(H,13,14)(H,15,16). The molecular formula is C12H15NO4S. The first-order valence-electron chi connectivity index (χ1n) is 5.82. The number of carbonyl (C=O) groups excluding carboxylic acids is 1. The molecule has 0 unspecified atom stereocenters. The summed E-state index contributed by atoms with van der Waals surface area (Å²) in [6.45, 7) is -0.162. The number of aliphatic carboxylic acids is 1. The maximum atomic E-state index is 11.3. The van der Waals surface area contributed by atoms with E-state index in [0.717, 1.165) is 17.7 Å². The number of amides is 1. The molecule has 0 aromatic carbocycles. The number of carboxylic acid groups (broad SMARTS) is 1. The molecule has 0 saturated heterocycles. The summed E-state index contributed by atoms with van der Waals surface area (Å²) in [7, 11) is 0. The molecule has 0 bridgehead atoms. The van der Waals surface area contributed by atoms with E-state index < -0.39 is 12.6 Å². The molecule has 0 spiro atoms. The van der Waals surface area contributed by atoms with Crippen molar-refractivity contribution in [2.24, 2.45) is 0 Å². The zero-order valence-corrected chi connectivity index (χ0v) is 10.7. The summed E-state index contributed by atoms with van der Waals surface area (Å²) in [4.78, 5) is 24.1. The molecule has 0 atom stereocenters. The third-order valence-corrected chi connectivity index (χ3v) is 3.95. The molecule has 0 aliphatic heterocycles. The Balaban J connectivity index is 1.70. The topological polar surface area (TPSA) is 75.6 Å². The summed E-state index contributed by atoms with van der Waals surface area (Å²) < 4.78 is 4.70. The van der Waals surface area contributed by atoms with Crippen LogP contribution in [0.3, 0.4) is 0 Å². The number of thiophene rings is 1. The molecule has 2 rings (SSSR count). The fourth-order valence-electron chi connectivity index (χ4n) is 1.95. The number of nitrogens with one attached hydrogen (secondary N) is 1. The quantitative estimate of drug-likeness (QED) is 0.806. The Labute approximate surface area is 109 Å². The zero-order chi connectivity index (χ0) is 13.0. The SMILES string of the molecule is O=C(O)COCC(=O)NCc1cc2c(s1)CCC2. The van der Waals surface area contributed by atoms with Gasteiger partial charge in [-0.2, -0.15) is 0 Å². The van der Waals surface area contributed by atoms with Crippen LogP contribution in [0.5, 0.6) is 0 Å². The van der Waals surface area contributed by atoms with Gasteiger partial charge in [0.15, 0.2) is 0 Å². The van der Waals surface area contributed by atoms with Crippen molar-refractivity contribution in [2.45, 2.75) is 25.8 Å². The molecule has 0 saturated carbocycles. The third kappa shape index (κ3) is 3.54. The normalized spacial score (nSPS) is 13.3. The summed E-state index contributed by atoms with van der Waals surface area (Å²) in [6, 6.07) is 2.14. The highest BCUT2D eigenvalue weighted by Gasteiger charge is 2.14. The van der Waals surface area contributed by atoms with Gasteiger partial charge in [-0.1, -0.05) is 0 Å². The molecule has 5 nitrogen and oxygen atoms in total. The second-order valence-electron chi connectivity index (χ2n) is 4.18. The van der Waals surface area contributed by atoms with E-state index in [1.54, 1.807) is 11.3 Å². The number of aryl methyl sites for hydroxylation is 2. The third-order valence-electron chi connectivity index (χ3n) is 2.72. The lowest BCUT2D eigenvalue weighted by molar-refractivity contribution is -0.143. The molecule has 98 valence electrons. The van der Waals surface area contributed by atoms with Crippen molar-refractivity contribution in [2.75, 3.05) is 13.2 Å². The molecule has 0 fully saturated rings. The molecule has 1 amide bonds. The van der Waals surface area contributed by atoms with Crippen LogP contribution in [0.2, 0.25) is 0 Å². The summed E-state index contributed by atoms with van der Waals surface area (Å²) in [5, 5.41) is 11.1. The largest absolute Gasteiger partial charge is 0.480 e. The number of hydrogen-bond acceptors (Lipinski definition) is 4. The van der Waals surface area contributed by atoms with Gasteiger partial charge in [-0.3, -0.25) is 4.79 Å². The van der Waals surface area contributed by atoms with Gasteiger partial charge in [0, 0.05) is 9.75 Å². The van der Waals surface area contributed by atoms with E-state index in [4.69, 9.17) is 9.84 Å². The molecule has 1 heterocycles. The van der Waals surface area contributed by atoms with E-state index in [2.05, 4.69) is 11.4 Å². The lowest BCUT2D eigenvalue weighted by atomic mass is 10.2. The van der Waals surface area contributed by atoms with Crippen molar-refractivity contribution < 1.29 is 19.4 Å². The summed E-state index contributed by atoms with van der Waals surface area (Å²) in [6.07, 6.45) is 3.52. The van der Waals surface area contributed by atoms with Crippen LogP contribution in [-0.2, 0) is 33.7 Å². The van der Waals surface area contributed by atoms with Crippen molar-refractivity contribution in [3.63, 3.8) is 0 Å². The van der Waals surface area contributed by atoms with Gasteiger partial charge in [-0.25, -0.2) is 4.79 Å². The van der Waals surface area contributed by atoms with Gasteiger partial charge in [0.2, 0.25) is 5.91 Å². The molecule has 2 N–H and O–H groups in total. The Morgan fingerprint density at radius 3 is 2.94 bits per heavy atom. The van der Waals surface area contributed by atoms with Crippen molar-refractivity contribution >= 4 is 23.2 Å². The van der Waals surface area contributed by atoms with Crippen molar-refractivity contribution in [3.05, 3.63) is 21.4 Å². The molecule has 1 aliphatic carbocycles. The van der Waals surface area contributed by atoms with Crippen LogP contribution in [-0.4, -0.2) is 30.2 Å². The molecule has 1 aliphatic rings. The van der Waals surface area contributed by atoms with Crippen LogP contribution in [0.4, 0.5) is 0 Å². The predicted molar refractivity (Wildman–Crippen MR) is 66.6 cm³/mol. The zero-order valence-electron chi connectivity index (χ0n) is 9.90. The minimum atomic E-state index is -1.07. The van der Waals surface area contributed by atoms with Crippen LogP contribution in [0.25, 0.3) is 0 Å².